The minimum atomic E-state index is -0.0274. The van der Waals surface area contributed by atoms with Crippen molar-refractivity contribution in [3.63, 3.8) is 0 Å². The molecule has 3 aromatic heterocycles. The van der Waals surface area contributed by atoms with E-state index in [0.29, 0.717) is 11.4 Å². The van der Waals surface area contributed by atoms with Crippen LogP contribution in [0.25, 0.3) is 22.8 Å². The van der Waals surface area contributed by atoms with Gasteiger partial charge in [-0.3, -0.25) is 9.97 Å². The van der Waals surface area contributed by atoms with E-state index in [1.807, 2.05) is 44.2 Å². The molecule has 0 amide bonds. The number of aliphatic hydroxyl groups is 2. The molecule has 0 saturated heterocycles. The number of rotatable bonds is 4. The highest BCUT2D eigenvalue weighted by Gasteiger charge is 2.09. The van der Waals surface area contributed by atoms with Gasteiger partial charge in [-0.2, -0.15) is 0 Å². The maximum atomic E-state index is 9.42. The van der Waals surface area contributed by atoms with Crippen LogP contribution in [0.3, 0.4) is 0 Å². The van der Waals surface area contributed by atoms with Gasteiger partial charge in [0.15, 0.2) is 0 Å². The molecule has 0 aliphatic carbocycles. The van der Waals surface area contributed by atoms with E-state index in [2.05, 4.69) is 15.0 Å². The lowest BCUT2D eigenvalue weighted by atomic mass is 10.1. The summed E-state index contributed by atoms with van der Waals surface area (Å²) in [5.74, 6) is 0. The van der Waals surface area contributed by atoms with Gasteiger partial charge in [0.05, 0.1) is 36.0 Å². The molecule has 3 rings (SSSR count). The molecule has 3 aromatic rings. The molecule has 0 saturated carbocycles. The molecule has 0 aliphatic heterocycles. The molecule has 5 nitrogen and oxygen atoms in total. The summed E-state index contributed by atoms with van der Waals surface area (Å²) in [6.45, 7) is 3.78. The minimum absolute atomic E-state index is 0.0274. The highest BCUT2D eigenvalue weighted by atomic mass is 16.3. The zero-order valence-corrected chi connectivity index (χ0v) is 13.7. The minimum Gasteiger partial charge on any atom is -0.392 e. The first-order valence-corrected chi connectivity index (χ1v) is 7.73. The van der Waals surface area contributed by atoms with Crippen LogP contribution in [0.1, 0.15) is 22.3 Å². The molecule has 0 spiro atoms. The smallest absolute Gasteiger partial charge is 0.0894 e. The van der Waals surface area contributed by atoms with E-state index in [-0.39, 0.29) is 13.2 Å². The number of aryl methyl sites for hydroxylation is 2. The highest BCUT2D eigenvalue weighted by molar-refractivity contribution is 5.63. The van der Waals surface area contributed by atoms with Gasteiger partial charge in [-0.15, -0.1) is 0 Å². The monoisotopic (exact) mass is 321 g/mol. The van der Waals surface area contributed by atoms with Crippen molar-refractivity contribution < 1.29 is 10.2 Å². The van der Waals surface area contributed by atoms with Gasteiger partial charge in [-0.1, -0.05) is 6.07 Å². The Balaban J connectivity index is 2.03. The van der Waals surface area contributed by atoms with E-state index < -0.39 is 0 Å². The van der Waals surface area contributed by atoms with Crippen LogP contribution in [0.4, 0.5) is 0 Å². The van der Waals surface area contributed by atoms with Gasteiger partial charge in [-0.05, 0) is 60.4 Å². The van der Waals surface area contributed by atoms with Gasteiger partial charge in [0, 0.05) is 12.4 Å². The average Bonchev–Trinajstić information content (AvgIpc) is 2.62. The number of aliphatic hydroxyl groups excluding tert-OH is 2. The van der Waals surface area contributed by atoms with Crippen molar-refractivity contribution in [2.24, 2.45) is 0 Å². The van der Waals surface area contributed by atoms with Crippen LogP contribution in [0.15, 0.2) is 42.7 Å². The van der Waals surface area contributed by atoms with Gasteiger partial charge in [-0.25, -0.2) is 4.98 Å². The summed E-state index contributed by atoms with van der Waals surface area (Å²) in [5, 5.41) is 18.8. The summed E-state index contributed by atoms with van der Waals surface area (Å²) in [6, 6.07) is 9.36. The first-order valence-electron chi connectivity index (χ1n) is 7.73. The van der Waals surface area contributed by atoms with E-state index in [1.165, 1.54) is 0 Å². The molecule has 0 bridgehead atoms. The van der Waals surface area contributed by atoms with Crippen LogP contribution in [0.2, 0.25) is 0 Å². The van der Waals surface area contributed by atoms with Crippen molar-refractivity contribution in [1.82, 2.24) is 15.0 Å². The number of nitrogens with zero attached hydrogens (tertiary/aromatic N) is 3. The third kappa shape index (κ3) is 3.18. The molecule has 0 unspecified atom stereocenters. The van der Waals surface area contributed by atoms with Crippen LogP contribution in [-0.4, -0.2) is 25.2 Å². The van der Waals surface area contributed by atoms with Crippen molar-refractivity contribution in [3.8, 4) is 22.8 Å². The van der Waals surface area contributed by atoms with Gasteiger partial charge >= 0.3 is 0 Å². The zero-order valence-electron chi connectivity index (χ0n) is 13.7. The van der Waals surface area contributed by atoms with Gasteiger partial charge in [0.1, 0.15) is 0 Å². The molecule has 0 aromatic carbocycles. The number of hydrogen-bond acceptors (Lipinski definition) is 5. The van der Waals surface area contributed by atoms with Crippen molar-refractivity contribution in [1.29, 1.82) is 0 Å². The van der Waals surface area contributed by atoms with Gasteiger partial charge in [0.2, 0.25) is 0 Å². The first-order chi connectivity index (χ1) is 11.6. The zero-order chi connectivity index (χ0) is 17.1. The van der Waals surface area contributed by atoms with Crippen LogP contribution >= 0.6 is 0 Å². The summed E-state index contributed by atoms with van der Waals surface area (Å²) in [7, 11) is 0. The molecule has 0 atom stereocenters. The van der Waals surface area contributed by atoms with E-state index in [4.69, 9.17) is 0 Å². The number of hydrogen-bond donors (Lipinski definition) is 2. The Morgan fingerprint density at radius 2 is 1.21 bits per heavy atom. The summed E-state index contributed by atoms with van der Waals surface area (Å²) in [6.07, 6.45) is 3.48. The standard InChI is InChI=1S/C19H19N3O2/c1-12-8-20-18(6-14(12)10-23)16-4-3-5-17(22-16)19-7-15(11-24)13(2)9-21-19/h3-9,23-24H,10-11H2,1-2H3. The van der Waals surface area contributed by atoms with E-state index in [1.54, 1.807) is 12.4 Å². The second kappa shape index (κ2) is 6.86. The molecule has 24 heavy (non-hydrogen) atoms. The molecule has 3 heterocycles. The summed E-state index contributed by atoms with van der Waals surface area (Å²) in [5.41, 5.74) is 6.43. The Morgan fingerprint density at radius 3 is 1.62 bits per heavy atom. The number of pyridine rings is 3. The Hall–Kier alpha value is -2.63. The molecule has 122 valence electrons. The van der Waals surface area contributed by atoms with Crippen molar-refractivity contribution in [3.05, 3.63) is 65.0 Å². The van der Waals surface area contributed by atoms with Crippen molar-refractivity contribution >= 4 is 0 Å². The fourth-order valence-corrected chi connectivity index (χ4v) is 2.47. The van der Waals surface area contributed by atoms with Crippen LogP contribution < -0.4 is 0 Å². The Bertz CT molecular complexity index is 809. The fourth-order valence-electron chi connectivity index (χ4n) is 2.47. The Morgan fingerprint density at radius 1 is 0.750 bits per heavy atom. The van der Waals surface area contributed by atoms with E-state index in [0.717, 1.165) is 33.6 Å². The molecular weight excluding hydrogens is 302 g/mol. The quantitative estimate of drug-likeness (QED) is 0.772. The largest absolute Gasteiger partial charge is 0.392 e. The fraction of sp³-hybridized carbons (Fsp3) is 0.211. The summed E-state index contributed by atoms with van der Waals surface area (Å²) < 4.78 is 0. The molecular formula is C19H19N3O2. The third-order valence-corrected chi connectivity index (χ3v) is 4.04. The van der Waals surface area contributed by atoms with Gasteiger partial charge < -0.3 is 10.2 Å². The molecule has 0 radical (unpaired) electrons. The van der Waals surface area contributed by atoms with Crippen molar-refractivity contribution in [2.45, 2.75) is 27.1 Å². The molecule has 0 aliphatic rings. The Labute approximate surface area is 140 Å². The lowest BCUT2D eigenvalue weighted by Gasteiger charge is -2.08. The second-order valence-electron chi connectivity index (χ2n) is 5.72. The lowest BCUT2D eigenvalue weighted by Crippen LogP contribution is -1.97. The van der Waals surface area contributed by atoms with Gasteiger partial charge in [0.25, 0.3) is 0 Å². The lowest BCUT2D eigenvalue weighted by molar-refractivity contribution is 0.280. The summed E-state index contributed by atoms with van der Waals surface area (Å²) >= 11 is 0. The SMILES string of the molecule is Cc1cnc(-c2cccc(-c3cc(CO)c(C)cn3)n2)cc1CO. The molecule has 5 heteroatoms. The molecule has 2 N–H and O–H groups in total. The molecule has 0 fully saturated rings. The highest BCUT2D eigenvalue weighted by Crippen LogP contribution is 2.23. The third-order valence-electron chi connectivity index (χ3n) is 4.04. The van der Waals surface area contributed by atoms with Crippen LogP contribution in [0.5, 0.6) is 0 Å². The van der Waals surface area contributed by atoms with E-state index in [9.17, 15) is 10.2 Å². The first kappa shape index (κ1) is 16.2. The second-order valence-corrected chi connectivity index (χ2v) is 5.72. The maximum absolute atomic E-state index is 9.42. The normalized spacial score (nSPS) is 10.8. The van der Waals surface area contributed by atoms with E-state index >= 15 is 0 Å². The number of aromatic nitrogens is 3. The van der Waals surface area contributed by atoms with Crippen LogP contribution in [-0.2, 0) is 13.2 Å². The maximum Gasteiger partial charge on any atom is 0.0894 e. The predicted molar refractivity (Wildman–Crippen MR) is 92.0 cm³/mol. The Kier molecular flexibility index (Phi) is 4.64. The predicted octanol–water partition coefficient (Wildman–Crippen LogP) is 2.81. The average molecular weight is 321 g/mol. The van der Waals surface area contributed by atoms with Crippen LogP contribution in [0, 0.1) is 13.8 Å². The van der Waals surface area contributed by atoms with Crippen molar-refractivity contribution in [2.75, 3.05) is 0 Å². The topological polar surface area (TPSA) is 79.1 Å². The summed E-state index contributed by atoms with van der Waals surface area (Å²) in [4.78, 5) is 13.4.